The van der Waals surface area contributed by atoms with Crippen LogP contribution in [-0.4, -0.2) is 34.1 Å². The van der Waals surface area contributed by atoms with Gasteiger partial charge in [0.25, 0.3) is 0 Å². The highest BCUT2D eigenvalue weighted by atomic mass is 16.4. The molecular formula is C23H29N4O4. The van der Waals surface area contributed by atoms with Crippen LogP contribution in [0.5, 0.6) is 0 Å². The Hall–Kier alpha value is -3.03. The Labute approximate surface area is 182 Å². The fourth-order valence-electron chi connectivity index (χ4n) is 3.71. The summed E-state index contributed by atoms with van der Waals surface area (Å²) in [6.45, 7) is 1.43. The molecule has 3 rings (SSSR count). The number of carbonyl (C=O) groups is 3. The number of Topliss-reactive ketones (excluding diaryl/α,β-unsaturated/α-hetero) is 1. The molecule has 3 N–H and O–H groups in total. The second-order valence-corrected chi connectivity index (χ2v) is 8.13. The van der Waals surface area contributed by atoms with E-state index in [2.05, 4.69) is 15.3 Å². The third kappa shape index (κ3) is 6.47. The van der Waals surface area contributed by atoms with Crippen LogP contribution in [0.1, 0.15) is 61.7 Å². The molecule has 0 spiro atoms. The van der Waals surface area contributed by atoms with Gasteiger partial charge in [0.15, 0.2) is 5.76 Å². The number of hydrogen-bond acceptors (Lipinski definition) is 6. The smallest absolute Gasteiger partial charge is 0.228 e. The lowest BCUT2D eigenvalue weighted by Gasteiger charge is -2.20. The number of oxazole rings is 1. The monoisotopic (exact) mass is 425 g/mol. The van der Waals surface area contributed by atoms with Gasteiger partial charge in [-0.3, -0.25) is 19.4 Å². The highest BCUT2D eigenvalue weighted by Crippen LogP contribution is 2.30. The Morgan fingerprint density at radius 3 is 2.74 bits per heavy atom. The lowest BCUT2D eigenvalue weighted by Crippen LogP contribution is -2.31. The van der Waals surface area contributed by atoms with Crippen LogP contribution in [0.2, 0.25) is 0 Å². The van der Waals surface area contributed by atoms with E-state index in [1.807, 2.05) is 6.07 Å². The van der Waals surface area contributed by atoms with E-state index in [1.165, 1.54) is 25.7 Å². The van der Waals surface area contributed by atoms with Crippen LogP contribution in [0.15, 0.2) is 28.9 Å². The van der Waals surface area contributed by atoms with E-state index < -0.39 is 17.7 Å². The molecule has 8 nitrogen and oxygen atoms in total. The lowest BCUT2D eigenvalue weighted by atomic mass is 9.86. The summed E-state index contributed by atoms with van der Waals surface area (Å²) in [5, 5.41) is 2.56. The summed E-state index contributed by atoms with van der Waals surface area (Å²) in [6.07, 6.45) is 11.4. The van der Waals surface area contributed by atoms with Gasteiger partial charge in [-0.25, -0.2) is 4.98 Å². The summed E-state index contributed by atoms with van der Waals surface area (Å²) >= 11 is 0. The van der Waals surface area contributed by atoms with Crippen molar-refractivity contribution in [1.29, 1.82) is 0 Å². The molecule has 31 heavy (non-hydrogen) atoms. The van der Waals surface area contributed by atoms with Crippen molar-refractivity contribution in [2.45, 2.75) is 51.9 Å². The van der Waals surface area contributed by atoms with Gasteiger partial charge in [0.1, 0.15) is 0 Å². The SMILES string of the molecule is CC(C[CH]C(=O)NCC(=O)c1oc(-c2cccnc2)nc1CC1CCCCC1)C(N)=O. The Bertz CT molecular complexity index is 904. The van der Waals surface area contributed by atoms with E-state index in [0.717, 1.165) is 12.8 Å². The number of aromatic nitrogens is 2. The Balaban J connectivity index is 1.68. The minimum atomic E-state index is -0.475. The van der Waals surface area contributed by atoms with E-state index in [-0.39, 0.29) is 24.5 Å². The topological polar surface area (TPSA) is 128 Å². The summed E-state index contributed by atoms with van der Waals surface area (Å²) in [6, 6.07) is 3.61. The summed E-state index contributed by atoms with van der Waals surface area (Å²) in [4.78, 5) is 44.6. The van der Waals surface area contributed by atoms with E-state index in [1.54, 1.807) is 25.4 Å². The van der Waals surface area contributed by atoms with Gasteiger partial charge >= 0.3 is 0 Å². The van der Waals surface area contributed by atoms with Crippen molar-refractivity contribution in [1.82, 2.24) is 15.3 Å². The van der Waals surface area contributed by atoms with E-state index in [9.17, 15) is 14.4 Å². The molecule has 1 aliphatic rings. The zero-order valence-electron chi connectivity index (χ0n) is 17.8. The van der Waals surface area contributed by atoms with Gasteiger partial charge in [-0.2, -0.15) is 0 Å². The third-order valence-corrected chi connectivity index (χ3v) is 5.63. The molecule has 2 aromatic heterocycles. The van der Waals surface area contributed by atoms with Gasteiger partial charge in [-0.15, -0.1) is 0 Å². The van der Waals surface area contributed by atoms with Gasteiger partial charge in [-0.05, 0) is 30.9 Å². The second kappa shape index (κ2) is 10.8. The Morgan fingerprint density at radius 2 is 2.06 bits per heavy atom. The van der Waals surface area contributed by atoms with Crippen molar-refractivity contribution < 1.29 is 18.8 Å². The largest absolute Gasteiger partial charge is 0.433 e. The normalized spacial score (nSPS) is 15.4. The minimum Gasteiger partial charge on any atom is -0.433 e. The highest BCUT2D eigenvalue weighted by molar-refractivity contribution is 5.99. The van der Waals surface area contributed by atoms with Crippen molar-refractivity contribution >= 4 is 17.6 Å². The lowest BCUT2D eigenvalue weighted by molar-refractivity contribution is -0.121. The molecule has 1 saturated carbocycles. The average Bonchev–Trinajstić information content (AvgIpc) is 3.20. The van der Waals surface area contributed by atoms with E-state index in [0.29, 0.717) is 29.5 Å². The maximum absolute atomic E-state index is 12.9. The van der Waals surface area contributed by atoms with Crippen molar-refractivity contribution in [3.05, 3.63) is 42.4 Å². The van der Waals surface area contributed by atoms with Crippen LogP contribution in [-0.2, 0) is 16.0 Å². The maximum atomic E-state index is 12.9. The summed E-state index contributed by atoms with van der Waals surface area (Å²) in [5.41, 5.74) is 6.53. The number of pyridine rings is 1. The van der Waals surface area contributed by atoms with Crippen LogP contribution < -0.4 is 11.1 Å². The molecule has 1 aliphatic carbocycles. The number of nitrogens with zero attached hydrogens (tertiary/aromatic N) is 2. The van der Waals surface area contributed by atoms with Crippen LogP contribution in [0.3, 0.4) is 0 Å². The van der Waals surface area contributed by atoms with Crippen LogP contribution in [0.25, 0.3) is 11.5 Å². The van der Waals surface area contributed by atoms with Crippen LogP contribution >= 0.6 is 0 Å². The molecule has 1 unspecified atom stereocenters. The molecule has 8 heteroatoms. The number of nitrogens with two attached hydrogens (primary N) is 1. The average molecular weight is 426 g/mol. The molecule has 1 atom stereocenters. The van der Waals surface area contributed by atoms with Crippen molar-refractivity contribution in [3.63, 3.8) is 0 Å². The standard InChI is InChI=1S/C23H29N4O4/c1-15(22(24)30)9-10-20(29)26-14-19(28)21-18(12-16-6-3-2-4-7-16)27-23(31-21)17-8-5-11-25-13-17/h5,8,10-11,13,15-16H,2-4,6-7,9,12,14H2,1H3,(H2,24,30)(H,26,29). The fourth-order valence-corrected chi connectivity index (χ4v) is 3.71. The number of rotatable bonds is 10. The molecule has 0 aliphatic heterocycles. The van der Waals surface area contributed by atoms with Gasteiger partial charge in [0.05, 0.1) is 24.2 Å². The second-order valence-electron chi connectivity index (χ2n) is 8.13. The van der Waals surface area contributed by atoms with Gasteiger partial charge < -0.3 is 15.5 Å². The molecule has 0 bridgehead atoms. The Morgan fingerprint density at radius 1 is 1.29 bits per heavy atom. The van der Waals surface area contributed by atoms with Crippen LogP contribution in [0.4, 0.5) is 0 Å². The number of primary amides is 1. The molecule has 1 radical (unpaired) electrons. The molecule has 165 valence electrons. The van der Waals surface area contributed by atoms with Gasteiger partial charge in [0.2, 0.25) is 23.5 Å². The number of nitrogens with one attached hydrogen (secondary N) is 1. The molecule has 2 amide bonds. The first kappa shape index (κ1) is 22.7. The predicted molar refractivity (Wildman–Crippen MR) is 115 cm³/mol. The molecular weight excluding hydrogens is 396 g/mol. The molecule has 0 saturated heterocycles. The summed E-state index contributed by atoms with van der Waals surface area (Å²) in [5.74, 6) is -0.659. The van der Waals surface area contributed by atoms with Gasteiger partial charge in [-0.1, -0.05) is 39.0 Å². The number of ketones is 1. The number of carbonyl (C=O) groups excluding carboxylic acids is 3. The third-order valence-electron chi connectivity index (χ3n) is 5.63. The van der Waals surface area contributed by atoms with Crippen molar-refractivity contribution in [2.24, 2.45) is 17.6 Å². The first-order valence-corrected chi connectivity index (χ1v) is 10.8. The molecule has 1 fully saturated rings. The maximum Gasteiger partial charge on any atom is 0.228 e. The van der Waals surface area contributed by atoms with Crippen molar-refractivity contribution in [2.75, 3.05) is 6.54 Å². The van der Waals surface area contributed by atoms with Gasteiger partial charge in [0, 0.05) is 18.3 Å². The quantitative estimate of drug-likeness (QED) is 0.563. The minimum absolute atomic E-state index is 0.190. The van der Waals surface area contributed by atoms with E-state index in [4.69, 9.17) is 10.2 Å². The fraction of sp³-hybridized carbons (Fsp3) is 0.478. The summed E-state index contributed by atoms with van der Waals surface area (Å²) < 4.78 is 5.84. The number of hydrogen-bond donors (Lipinski definition) is 2. The number of amides is 2. The van der Waals surface area contributed by atoms with Crippen molar-refractivity contribution in [3.8, 4) is 11.5 Å². The molecule has 2 aromatic rings. The Kier molecular flexibility index (Phi) is 7.92. The first-order chi connectivity index (χ1) is 14.9. The van der Waals surface area contributed by atoms with E-state index >= 15 is 0 Å². The first-order valence-electron chi connectivity index (χ1n) is 10.8. The highest BCUT2D eigenvalue weighted by Gasteiger charge is 2.25. The molecule has 2 heterocycles. The molecule has 0 aromatic carbocycles. The zero-order valence-corrected chi connectivity index (χ0v) is 17.8. The van der Waals surface area contributed by atoms with Crippen LogP contribution in [0, 0.1) is 18.3 Å². The summed E-state index contributed by atoms with van der Waals surface area (Å²) in [7, 11) is 0. The predicted octanol–water partition coefficient (Wildman–Crippen LogP) is 2.87. The zero-order chi connectivity index (χ0) is 22.2.